The number of aliphatic carboxylic acids is 1. The van der Waals surface area contributed by atoms with Gasteiger partial charge in [-0.15, -0.1) is 0 Å². The molecule has 0 bridgehead atoms. The van der Waals surface area contributed by atoms with E-state index in [4.69, 9.17) is 0 Å². The first-order valence-electron chi connectivity index (χ1n) is 14.1. The Kier molecular flexibility index (Phi) is 5.34. The molecule has 0 radical (unpaired) electrons. The number of hydrogen-bond donors (Lipinski definition) is 3. The maximum atomic E-state index is 12.8. The summed E-state index contributed by atoms with van der Waals surface area (Å²) in [7, 11) is 0. The second-order valence-electron chi connectivity index (χ2n) is 15.6. The number of aliphatic hydroxyl groups is 2. The van der Waals surface area contributed by atoms with Crippen molar-refractivity contribution < 1.29 is 20.1 Å². The predicted octanol–water partition coefficient (Wildman–Crippen LogP) is 6.28. The van der Waals surface area contributed by atoms with Crippen LogP contribution in [0.5, 0.6) is 0 Å². The maximum Gasteiger partial charge on any atom is 0.309 e. The average Bonchev–Trinajstić information content (AvgIpc) is 2.72. The summed E-state index contributed by atoms with van der Waals surface area (Å²) < 4.78 is 0. The topological polar surface area (TPSA) is 77.8 Å². The summed E-state index contributed by atoms with van der Waals surface area (Å²) in [5.41, 5.74) is -0.491. The van der Waals surface area contributed by atoms with Crippen LogP contribution in [0.25, 0.3) is 0 Å². The van der Waals surface area contributed by atoms with E-state index in [0.29, 0.717) is 11.8 Å². The van der Waals surface area contributed by atoms with E-state index >= 15 is 0 Å². The molecule has 4 heteroatoms. The number of carboxylic acids is 1. The Morgan fingerprint density at radius 1 is 0.765 bits per heavy atom. The molecule has 34 heavy (non-hydrogen) atoms. The lowest BCUT2D eigenvalue weighted by Gasteiger charge is -2.74. The smallest absolute Gasteiger partial charge is 0.309 e. The predicted molar refractivity (Wildman–Crippen MR) is 134 cm³/mol. The molecule has 5 aliphatic carbocycles. The van der Waals surface area contributed by atoms with Gasteiger partial charge in [-0.2, -0.15) is 0 Å². The molecular formula is C30H50O4. The van der Waals surface area contributed by atoms with Crippen molar-refractivity contribution in [2.45, 2.75) is 125 Å². The van der Waals surface area contributed by atoms with Crippen molar-refractivity contribution in [2.75, 3.05) is 0 Å². The average molecular weight is 475 g/mol. The van der Waals surface area contributed by atoms with Crippen molar-refractivity contribution in [2.24, 2.45) is 56.2 Å². The summed E-state index contributed by atoms with van der Waals surface area (Å²) in [6, 6.07) is 0. The van der Waals surface area contributed by atoms with Gasteiger partial charge in [0.2, 0.25) is 0 Å². The molecule has 5 saturated carbocycles. The van der Waals surface area contributed by atoms with Crippen LogP contribution in [0.3, 0.4) is 0 Å². The third-order valence-corrected chi connectivity index (χ3v) is 13.6. The Labute approximate surface area is 207 Å². The first-order chi connectivity index (χ1) is 15.6. The standard InChI is InChI=1S/C30H50O4/c1-25(2)12-14-30(24(33)34)15-13-29(7)23(18(30)17-25)19(31)16-21-27(5)10-9-22(32)26(3,4)20(27)8-11-28(21,29)6/h18-23,31-32H,8-17H2,1-7H3,(H,33,34)/t18-,19?,20-,21+,22-,23-,27-,28+,29+,30-/m0/s1. The molecule has 10 atom stereocenters. The van der Waals surface area contributed by atoms with Crippen molar-refractivity contribution >= 4 is 5.97 Å². The van der Waals surface area contributed by atoms with Crippen molar-refractivity contribution in [1.29, 1.82) is 0 Å². The highest BCUT2D eigenvalue weighted by Crippen LogP contribution is 2.77. The van der Waals surface area contributed by atoms with Crippen LogP contribution in [0.4, 0.5) is 0 Å². The van der Waals surface area contributed by atoms with E-state index in [1.165, 1.54) is 0 Å². The molecule has 0 aromatic heterocycles. The van der Waals surface area contributed by atoms with Crippen molar-refractivity contribution in [3.63, 3.8) is 0 Å². The SMILES string of the molecule is CC1(C)CC[C@]2(C(=O)O)CC[C@]3(C)[C@H](C(O)C[C@@H]4[C@@]5(C)CC[C@H](O)C(C)(C)[C@@H]5CC[C@]43C)[C@@H]2C1. The summed E-state index contributed by atoms with van der Waals surface area (Å²) >= 11 is 0. The van der Waals surface area contributed by atoms with Gasteiger partial charge in [0, 0.05) is 0 Å². The Morgan fingerprint density at radius 3 is 2.06 bits per heavy atom. The van der Waals surface area contributed by atoms with Crippen LogP contribution in [0.15, 0.2) is 0 Å². The maximum absolute atomic E-state index is 12.8. The van der Waals surface area contributed by atoms with E-state index < -0.39 is 17.5 Å². The van der Waals surface area contributed by atoms with Crippen LogP contribution in [0, 0.1) is 56.2 Å². The van der Waals surface area contributed by atoms with Gasteiger partial charge in [0.15, 0.2) is 0 Å². The molecule has 194 valence electrons. The molecule has 3 N–H and O–H groups in total. The molecule has 0 aliphatic heterocycles. The van der Waals surface area contributed by atoms with Crippen LogP contribution < -0.4 is 0 Å². The Morgan fingerprint density at radius 2 is 1.41 bits per heavy atom. The fraction of sp³-hybridized carbons (Fsp3) is 0.967. The van der Waals surface area contributed by atoms with Crippen molar-refractivity contribution in [3.05, 3.63) is 0 Å². The van der Waals surface area contributed by atoms with Gasteiger partial charge >= 0.3 is 5.97 Å². The first-order valence-corrected chi connectivity index (χ1v) is 14.1. The highest BCUT2D eigenvalue weighted by molar-refractivity contribution is 5.75. The molecule has 0 aromatic carbocycles. The summed E-state index contributed by atoms with van der Waals surface area (Å²) in [6.07, 6.45) is 8.56. The second kappa shape index (κ2) is 7.24. The normalized spacial score (nSPS) is 55.8. The Balaban J connectivity index is 1.59. The minimum Gasteiger partial charge on any atom is -0.481 e. The third-order valence-electron chi connectivity index (χ3n) is 13.6. The number of fused-ring (bicyclic) bond motifs is 7. The molecule has 0 heterocycles. The molecular weight excluding hydrogens is 424 g/mol. The van der Waals surface area contributed by atoms with E-state index in [2.05, 4.69) is 48.5 Å². The third kappa shape index (κ3) is 2.93. The van der Waals surface area contributed by atoms with Gasteiger partial charge in [0.05, 0.1) is 17.6 Å². The number of aliphatic hydroxyl groups excluding tert-OH is 2. The summed E-state index contributed by atoms with van der Waals surface area (Å²) in [4.78, 5) is 12.8. The van der Waals surface area contributed by atoms with Gasteiger partial charge in [-0.1, -0.05) is 48.5 Å². The van der Waals surface area contributed by atoms with Crippen LogP contribution >= 0.6 is 0 Å². The lowest BCUT2D eigenvalue weighted by atomic mass is 9.31. The first kappa shape index (κ1) is 25.1. The minimum atomic E-state index is -0.665. The quantitative estimate of drug-likeness (QED) is 0.418. The van der Waals surface area contributed by atoms with Crippen molar-refractivity contribution in [3.8, 4) is 0 Å². The molecule has 5 rings (SSSR count). The molecule has 5 fully saturated rings. The fourth-order valence-electron chi connectivity index (χ4n) is 11.4. The van der Waals surface area contributed by atoms with Gasteiger partial charge in [0.1, 0.15) is 0 Å². The summed E-state index contributed by atoms with van der Waals surface area (Å²) in [5, 5.41) is 33.4. The molecule has 1 unspecified atom stereocenters. The number of rotatable bonds is 1. The number of carbonyl (C=O) groups is 1. The molecule has 0 saturated heterocycles. The highest BCUT2D eigenvalue weighted by atomic mass is 16.4. The van der Waals surface area contributed by atoms with Gasteiger partial charge in [-0.25, -0.2) is 0 Å². The van der Waals surface area contributed by atoms with E-state index in [9.17, 15) is 20.1 Å². The van der Waals surface area contributed by atoms with E-state index in [1.54, 1.807) is 0 Å². The minimum absolute atomic E-state index is 0.0513. The Hall–Kier alpha value is -0.610. The Bertz CT molecular complexity index is 864. The lowest BCUT2D eigenvalue weighted by Crippen LogP contribution is -2.70. The summed E-state index contributed by atoms with van der Waals surface area (Å²) in [6.45, 7) is 16.5. The zero-order chi connectivity index (χ0) is 25.1. The fourth-order valence-corrected chi connectivity index (χ4v) is 11.4. The monoisotopic (exact) mass is 474 g/mol. The van der Waals surface area contributed by atoms with Crippen LogP contribution in [-0.4, -0.2) is 33.5 Å². The van der Waals surface area contributed by atoms with Gasteiger partial charge in [-0.3, -0.25) is 4.79 Å². The largest absolute Gasteiger partial charge is 0.481 e. The van der Waals surface area contributed by atoms with Gasteiger partial charge in [0.25, 0.3) is 0 Å². The number of carboxylic acid groups (broad SMARTS) is 1. The second-order valence-corrected chi connectivity index (χ2v) is 15.6. The zero-order valence-electron chi connectivity index (χ0n) is 22.8. The van der Waals surface area contributed by atoms with E-state index in [-0.39, 0.29) is 45.0 Å². The van der Waals surface area contributed by atoms with E-state index in [0.717, 1.165) is 64.2 Å². The van der Waals surface area contributed by atoms with Crippen LogP contribution in [0.1, 0.15) is 113 Å². The molecule has 5 aliphatic rings. The summed E-state index contributed by atoms with van der Waals surface area (Å²) in [5.74, 6) is 0.365. The van der Waals surface area contributed by atoms with E-state index in [1.807, 2.05) is 0 Å². The lowest BCUT2D eigenvalue weighted by molar-refractivity contribution is -0.278. The van der Waals surface area contributed by atoms with Gasteiger partial charge in [-0.05, 0) is 115 Å². The number of hydrogen-bond acceptors (Lipinski definition) is 3. The molecule has 0 aromatic rings. The van der Waals surface area contributed by atoms with Crippen LogP contribution in [0.2, 0.25) is 0 Å². The highest BCUT2D eigenvalue weighted by Gasteiger charge is 2.72. The van der Waals surface area contributed by atoms with Crippen molar-refractivity contribution in [1.82, 2.24) is 0 Å². The molecule has 0 spiro atoms. The molecule has 0 amide bonds. The van der Waals surface area contributed by atoms with Crippen LogP contribution in [-0.2, 0) is 4.79 Å². The van der Waals surface area contributed by atoms with Gasteiger partial charge < -0.3 is 15.3 Å². The molecule has 4 nitrogen and oxygen atoms in total. The zero-order valence-corrected chi connectivity index (χ0v) is 22.8.